The van der Waals surface area contributed by atoms with E-state index in [0.717, 1.165) is 16.9 Å². The number of benzene rings is 2. The number of likely N-dealkylation sites (tertiary alicyclic amines) is 1. The van der Waals surface area contributed by atoms with Crippen LogP contribution < -0.4 is 10.1 Å². The Kier molecular flexibility index (Phi) is 6.65. The van der Waals surface area contributed by atoms with Crippen LogP contribution in [0.3, 0.4) is 0 Å². The number of nitrogens with zero attached hydrogens (tertiary/aromatic N) is 1. The minimum atomic E-state index is -0.916. The fourth-order valence-corrected chi connectivity index (χ4v) is 3.49. The average molecular weight is 386 g/mol. The Morgan fingerprint density at radius 2 is 1.79 bits per heavy atom. The van der Waals surface area contributed by atoms with Crippen molar-refractivity contribution in [2.75, 3.05) is 26.7 Å². The highest BCUT2D eigenvalue weighted by Gasteiger charge is 2.33. The van der Waals surface area contributed by atoms with Crippen LogP contribution in [0.1, 0.15) is 30.4 Å². The summed E-state index contributed by atoms with van der Waals surface area (Å²) in [4.78, 5) is 14.3. The number of nitrogens with one attached hydrogen (secondary N) is 1. The number of piperidine rings is 1. The number of aliphatic hydroxyl groups is 1. The highest BCUT2D eigenvalue weighted by Crippen LogP contribution is 2.32. The van der Waals surface area contributed by atoms with Crippen LogP contribution in [0.5, 0.6) is 5.75 Å². The Balaban J connectivity index is 1.39. The van der Waals surface area contributed by atoms with Gasteiger partial charge in [0.25, 0.3) is 0 Å². The third kappa shape index (κ3) is 5.30. The third-order valence-electron chi connectivity index (χ3n) is 5.37. The Morgan fingerprint density at radius 1 is 1.14 bits per heavy atom. The maximum Gasteiger partial charge on any atom is 0.221 e. The Morgan fingerprint density at radius 3 is 2.39 bits per heavy atom. The zero-order valence-corrected chi connectivity index (χ0v) is 16.2. The number of hydrogen-bond donors (Lipinski definition) is 2. The van der Waals surface area contributed by atoms with Crippen LogP contribution in [0.25, 0.3) is 0 Å². The molecule has 1 amide bonds. The van der Waals surface area contributed by atoms with Crippen molar-refractivity contribution >= 4 is 5.91 Å². The quantitative estimate of drug-likeness (QED) is 0.768. The maximum atomic E-state index is 13.1. The van der Waals surface area contributed by atoms with E-state index in [-0.39, 0.29) is 11.7 Å². The highest BCUT2D eigenvalue weighted by atomic mass is 19.1. The molecule has 0 atom stereocenters. The van der Waals surface area contributed by atoms with Crippen LogP contribution in [0.4, 0.5) is 4.39 Å². The molecule has 0 radical (unpaired) electrons. The van der Waals surface area contributed by atoms with Gasteiger partial charge in [0.05, 0.1) is 12.7 Å². The number of amides is 1. The van der Waals surface area contributed by atoms with Gasteiger partial charge >= 0.3 is 0 Å². The van der Waals surface area contributed by atoms with E-state index in [1.54, 1.807) is 19.2 Å². The Bertz CT molecular complexity index is 769. The molecule has 0 aromatic heterocycles. The van der Waals surface area contributed by atoms with E-state index in [1.807, 2.05) is 24.3 Å². The van der Waals surface area contributed by atoms with Gasteiger partial charge in [-0.1, -0.05) is 24.3 Å². The highest BCUT2D eigenvalue weighted by molar-refractivity contribution is 5.76. The molecule has 2 N–H and O–H groups in total. The molecule has 0 saturated carbocycles. The monoisotopic (exact) mass is 386 g/mol. The molecule has 1 heterocycles. The van der Waals surface area contributed by atoms with Crippen molar-refractivity contribution < 1.29 is 19.0 Å². The molecule has 1 aliphatic rings. The van der Waals surface area contributed by atoms with Gasteiger partial charge in [-0.05, 0) is 48.2 Å². The van der Waals surface area contributed by atoms with Gasteiger partial charge in [0, 0.05) is 32.6 Å². The lowest BCUT2D eigenvalue weighted by Crippen LogP contribution is -2.43. The lowest BCUT2D eigenvalue weighted by Gasteiger charge is -2.38. The van der Waals surface area contributed by atoms with Gasteiger partial charge in [0.1, 0.15) is 11.6 Å². The van der Waals surface area contributed by atoms with Crippen molar-refractivity contribution in [3.05, 3.63) is 65.5 Å². The van der Waals surface area contributed by atoms with Crippen molar-refractivity contribution in [1.29, 1.82) is 0 Å². The molecule has 28 heavy (non-hydrogen) atoms. The summed E-state index contributed by atoms with van der Waals surface area (Å²) >= 11 is 0. The molecule has 2 aromatic rings. The third-order valence-corrected chi connectivity index (χ3v) is 5.37. The summed E-state index contributed by atoms with van der Waals surface area (Å²) in [6.07, 6.45) is 1.57. The number of hydrogen-bond acceptors (Lipinski definition) is 4. The first-order valence-corrected chi connectivity index (χ1v) is 9.59. The summed E-state index contributed by atoms with van der Waals surface area (Å²) in [5.41, 5.74) is 0.864. The largest absolute Gasteiger partial charge is 0.497 e. The zero-order chi connectivity index (χ0) is 20.0. The SMILES string of the molecule is COc1ccc(CNC(=O)CCN2CCC(O)(c3ccc(F)cc3)CC2)cc1. The lowest BCUT2D eigenvalue weighted by atomic mass is 9.84. The van der Waals surface area contributed by atoms with Crippen molar-refractivity contribution in [3.63, 3.8) is 0 Å². The van der Waals surface area contributed by atoms with Crippen molar-refractivity contribution in [2.45, 2.75) is 31.4 Å². The number of halogens is 1. The van der Waals surface area contributed by atoms with E-state index in [1.165, 1.54) is 12.1 Å². The van der Waals surface area contributed by atoms with Gasteiger partial charge in [-0.3, -0.25) is 4.79 Å². The fraction of sp³-hybridized carbons (Fsp3) is 0.409. The van der Waals surface area contributed by atoms with Crippen LogP contribution in [0, 0.1) is 5.82 Å². The Hall–Kier alpha value is -2.44. The molecule has 1 aliphatic heterocycles. The average Bonchev–Trinajstić information content (AvgIpc) is 2.72. The minimum absolute atomic E-state index is 0.00943. The topological polar surface area (TPSA) is 61.8 Å². The number of ether oxygens (including phenoxy) is 1. The first-order chi connectivity index (χ1) is 13.5. The second-order valence-corrected chi connectivity index (χ2v) is 7.25. The predicted molar refractivity (Wildman–Crippen MR) is 105 cm³/mol. The van der Waals surface area contributed by atoms with Crippen LogP contribution in [-0.2, 0) is 16.9 Å². The molecule has 0 aliphatic carbocycles. The van der Waals surface area contributed by atoms with Crippen LogP contribution >= 0.6 is 0 Å². The normalized spacial score (nSPS) is 16.5. The molecule has 6 heteroatoms. The maximum absolute atomic E-state index is 13.1. The van der Waals surface area contributed by atoms with E-state index in [2.05, 4.69) is 10.2 Å². The molecular formula is C22H27FN2O3. The van der Waals surface area contributed by atoms with E-state index in [9.17, 15) is 14.3 Å². The number of rotatable bonds is 7. The lowest BCUT2D eigenvalue weighted by molar-refractivity contribution is -0.121. The summed E-state index contributed by atoms with van der Waals surface area (Å²) < 4.78 is 18.2. The molecule has 1 fully saturated rings. The van der Waals surface area contributed by atoms with Gasteiger partial charge in [-0.25, -0.2) is 4.39 Å². The van der Waals surface area contributed by atoms with E-state index in [0.29, 0.717) is 45.4 Å². The Labute approximate surface area is 165 Å². The van der Waals surface area contributed by atoms with E-state index >= 15 is 0 Å². The zero-order valence-electron chi connectivity index (χ0n) is 16.2. The van der Waals surface area contributed by atoms with Crippen molar-refractivity contribution in [1.82, 2.24) is 10.2 Å². The van der Waals surface area contributed by atoms with Gasteiger partial charge in [-0.2, -0.15) is 0 Å². The van der Waals surface area contributed by atoms with Crippen LogP contribution in [0.15, 0.2) is 48.5 Å². The number of carbonyl (C=O) groups excluding carboxylic acids is 1. The number of carbonyl (C=O) groups is 1. The van der Waals surface area contributed by atoms with Crippen LogP contribution in [-0.4, -0.2) is 42.7 Å². The van der Waals surface area contributed by atoms with Crippen molar-refractivity contribution in [2.24, 2.45) is 0 Å². The van der Waals surface area contributed by atoms with Gasteiger partial charge < -0.3 is 20.1 Å². The molecule has 5 nitrogen and oxygen atoms in total. The predicted octanol–water partition coefficient (Wildman–Crippen LogP) is 2.82. The standard InChI is InChI=1S/C22H27FN2O3/c1-28-20-8-2-17(3-9-20)16-24-21(26)10-13-25-14-11-22(27,12-15-25)18-4-6-19(23)7-5-18/h2-9,27H,10-16H2,1H3,(H,24,26). The first kappa shape index (κ1) is 20.3. The minimum Gasteiger partial charge on any atom is -0.497 e. The summed E-state index contributed by atoms with van der Waals surface area (Å²) in [6, 6.07) is 13.7. The molecule has 0 unspecified atom stereocenters. The summed E-state index contributed by atoms with van der Waals surface area (Å²) in [5.74, 6) is 0.501. The number of methoxy groups -OCH3 is 1. The summed E-state index contributed by atoms with van der Waals surface area (Å²) in [7, 11) is 1.62. The molecule has 3 rings (SSSR count). The van der Waals surface area contributed by atoms with E-state index < -0.39 is 5.60 Å². The fourth-order valence-electron chi connectivity index (χ4n) is 3.49. The molecule has 0 bridgehead atoms. The van der Waals surface area contributed by atoms with Gasteiger partial charge in [-0.15, -0.1) is 0 Å². The van der Waals surface area contributed by atoms with E-state index in [4.69, 9.17) is 4.74 Å². The second kappa shape index (κ2) is 9.17. The molecule has 1 saturated heterocycles. The molecule has 150 valence electrons. The molecular weight excluding hydrogens is 359 g/mol. The first-order valence-electron chi connectivity index (χ1n) is 9.59. The van der Waals surface area contributed by atoms with Gasteiger partial charge in [0.15, 0.2) is 0 Å². The summed E-state index contributed by atoms with van der Waals surface area (Å²) in [6.45, 7) is 2.57. The van der Waals surface area contributed by atoms with Crippen molar-refractivity contribution in [3.8, 4) is 5.75 Å². The molecule has 0 spiro atoms. The molecule has 2 aromatic carbocycles. The van der Waals surface area contributed by atoms with Crippen LogP contribution in [0.2, 0.25) is 0 Å². The smallest absolute Gasteiger partial charge is 0.221 e. The second-order valence-electron chi connectivity index (χ2n) is 7.25. The summed E-state index contributed by atoms with van der Waals surface area (Å²) in [5, 5.41) is 13.8. The van der Waals surface area contributed by atoms with Gasteiger partial charge in [0.2, 0.25) is 5.91 Å².